The van der Waals surface area contributed by atoms with Crippen molar-refractivity contribution in [3.05, 3.63) is 105 Å². The van der Waals surface area contributed by atoms with Crippen LogP contribution in [0.15, 0.2) is 83.9 Å². The van der Waals surface area contributed by atoms with Crippen molar-refractivity contribution in [2.75, 3.05) is 11.9 Å². The summed E-state index contributed by atoms with van der Waals surface area (Å²) in [5, 5.41) is 4.14. The highest BCUT2D eigenvalue weighted by molar-refractivity contribution is 8.18. The molecule has 1 aromatic heterocycles. The summed E-state index contributed by atoms with van der Waals surface area (Å²) in [5.41, 5.74) is 3.30. The molecule has 3 aromatic carbocycles. The normalized spacial score (nSPS) is 14.7. The Balaban J connectivity index is 1.38. The van der Waals surface area contributed by atoms with Crippen molar-refractivity contribution in [2.45, 2.75) is 6.54 Å². The van der Waals surface area contributed by atoms with Gasteiger partial charge in [0.1, 0.15) is 6.54 Å². The summed E-state index contributed by atoms with van der Waals surface area (Å²) in [6, 6.07) is 22.3. The Morgan fingerprint density at radius 1 is 0.944 bits per heavy atom. The number of amides is 3. The Labute approximate surface area is 221 Å². The van der Waals surface area contributed by atoms with E-state index in [0.29, 0.717) is 22.3 Å². The fraction of sp³-hybridized carbons (Fsp3) is 0.0741. The first kappa shape index (κ1) is 24.2. The number of hydrogen-bond donors (Lipinski definition) is 1. The number of carbonyl (C=O) groups is 3. The molecule has 3 amide bonds. The topological polar surface area (TPSA) is 71.4 Å². The lowest BCUT2D eigenvalue weighted by Gasteiger charge is -2.13. The molecular formula is C27H19Cl2N3O3S. The van der Waals surface area contributed by atoms with Gasteiger partial charge >= 0.3 is 0 Å². The summed E-state index contributed by atoms with van der Waals surface area (Å²) < 4.78 is 2.09. The van der Waals surface area contributed by atoms with Gasteiger partial charge < -0.3 is 9.88 Å². The maximum absolute atomic E-state index is 13.0. The van der Waals surface area contributed by atoms with Crippen LogP contribution in [0, 0.1) is 0 Å². The fourth-order valence-corrected chi connectivity index (χ4v) is 5.12. The van der Waals surface area contributed by atoms with Crippen molar-refractivity contribution in [3.8, 4) is 0 Å². The molecule has 1 aliphatic rings. The van der Waals surface area contributed by atoms with Gasteiger partial charge in [-0.25, -0.2) is 0 Å². The van der Waals surface area contributed by atoms with Crippen LogP contribution in [-0.4, -0.2) is 33.1 Å². The minimum absolute atomic E-state index is 0.264. The number of imide groups is 1. The van der Waals surface area contributed by atoms with E-state index in [4.69, 9.17) is 23.2 Å². The summed E-state index contributed by atoms with van der Waals surface area (Å²) in [4.78, 5) is 39.3. The van der Waals surface area contributed by atoms with Gasteiger partial charge in [-0.05, 0) is 53.7 Å². The monoisotopic (exact) mass is 535 g/mol. The molecule has 1 N–H and O–H groups in total. The highest BCUT2D eigenvalue weighted by Crippen LogP contribution is 2.34. The molecule has 0 atom stereocenters. The van der Waals surface area contributed by atoms with Crippen LogP contribution in [0.1, 0.15) is 11.1 Å². The van der Waals surface area contributed by atoms with Crippen molar-refractivity contribution in [1.82, 2.24) is 9.47 Å². The van der Waals surface area contributed by atoms with Crippen LogP contribution in [0.3, 0.4) is 0 Å². The van der Waals surface area contributed by atoms with Gasteiger partial charge in [-0.2, -0.15) is 0 Å². The van der Waals surface area contributed by atoms with E-state index in [1.165, 1.54) is 0 Å². The molecular weight excluding hydrogens is 517 g/mol. The fourth-order valence-electron chi connectivity index (χ4n) is 3.98. The third-order valence-corrected chi connectivity index (χ3v) is 7.18. The van der Waals surface area contributed by atoms with Gasteiger partial charge in [-0.15, -0.1) is 0 Å². The van der Waals surface area contributed by atoms with E-state index in [1.807, 2.05) is 54.7 Å². The molecule has 6 nitrogen and oxygen atoms in total. The summed E-state index contributed by atoms with van der Waals surface area (Å²) in [5.74, 6) is -1.01. The molecule has 36 heavy (non-hydrogen) atoms. The molecule has 0 aliphatic carbocycles. The molecule has 0 unspecified atom stereocenters. The number of benzene rings is 3. The zero-order chi connectivity index (χ0) is 25.2. The smallest absolute Gasteiger partial charge is 0.294 e. The van der Waals surface area contributed by atoms with E-state index in [-0.39, 0.29) is 4.91 Å². The van der Waals surface area contributed by atoms with E-state index in [9.17, 15) is 14.4 Å². The van der Waals surface area contributed by atoms with E-state index >= 15 is 0 Å². The SMILES string of the molecule is O=C(CN1C(=O)S/C(=C/c2cn(Cc3ccc(Cl)cc3)c3ccccc23)C1=O)Nc1ccccc1Cl. The number of fused-ring (bicyclic) bond motifs is 1. The molecule has 1 fully saturated rings. The minimum atomic E-state index is -0.508. The van der Waals surface area contributed by atoms with Crippen LogP contribution >= 0.6 is 35.0 Å². The van der Waals surface area contributed by atoms with Crippen molar-refractivity contribution in [3.63, 3.8) is 0 Å². The number of thioether (sulfide) groups is 1. The largest absolute Gasteiger partial charge is 0.342 e. The predicted octanol–water partition coefficient (Wildman–Crippen LogP) is 6.67. The molecule has 2 heterocycles. The summed E-state index contributed by atoms with van der Waals surface area (Å²) in [6.45, 7) is 0.223. The molecule has 1 aliphatic heterocycles. The van der Waals surface area contributed by atoms with Gasteiger partial charge in [0, 0.05) is 34.2 Å². The lowest BCUT2D eigenvalue weighted by molar-refractivity contribution is -0.127. The van der Waals surface area contributed by atoms with Crippen molar-refractivity contribution in [2.24, 2.45) is 0 Å². The third kappa shape index (κ3) is 5.04. The third-order valence-electron chi connectivity index (χ3n) is 5.70. The molecule has 0 bridgehead atoms. The summed E-state index contributed by atoms with van der Waals surface area (Å²) in [6.07, 6.45) is 3.66. The molecule has 1 saturated heterocycles. The Bertz CT molecular complexity index is 1530. The van der Waals surface area contributed by atoms with Gasteiger partial charge in [0.2, 0.25) is 5.91 Å². The first-order valence-electron chi connectivity index (χ1n) is 11.0. The van der Waals surface area contributed by atoms with Crippen LogP contribution in [0.2, 0.25) is 10.0 Å². The lowest BCUT2D eigenvalue weighted by Crippen LogP contribution is -2.36. The maximum Gasteiger partial charge on any atom is 0.294 e. The lowest BCUT2D eigenvalue weighted by atomic mass is 10.1. The Morgan fingerprint density at radius 3 is 2.44 bits per heavy atom. The summed E-state index contributed by atoms with van der Waals surface area (Å²) >= 11 is 12.9. The molecule has 0 radical (unpaired) electrons. The van der Waals surface area contributed by atoms with Crippen molar-refractivity contribution < 1.29 is 14.4 Å². The van der Waals surface area contributed by atoms with Crippen LogP contribution < -0.4 is 5.32 Å². The zero-order valence-electron chi connectivity index (χ0n) is 18.8. The first-order valence-corrected chi connectivity index (χ1v) is 12.6. The number of nitrogens with one attached hydrogen (secondary N) is 1. The van der Waals surface area contributed by atoms with Crippen LogP contribution in [0.4, 0.5) is 10.5 Å². The molecule has 5 rings (SSSR count). The van der Waals surface area contributed by atoms with Gasteiger partial charge in [-0.1, -0.05) is 65.7 Å². The average molecular weight is 536 g/mol. The number of rotatable bonds is 6. The van der Waals surface area contributed by atoms with Crippen LogP contribution in [-0.2, 0) is 16.1 Å². The van der Waals surface area contributed by atoms with Gasteiger partial charge in [0.25, 0.3) is 11.1 Å². The minimum Gasteiger partial charge on any atom is -0.342 e. The number of aromatic nitrogens is 1. The number of halogens is 2. The molecule has 0 spiro atoms. The quantitative estimate of drug-likeness (QED) is 0.280. The number of hydrogen-bond acceptors (Lipinski definition) is 4. The van der Waals surface area contributed by atoms with E-state index in [1.54, 1.807) is 30.3 Å². The number of para-hydroxylation sites is 2. The Kier molecular flexibility index (Phi) is 6.87. The average Bonchev–Trinajstić information content (AvgIpc) is 3.34. The molecule has 180 valence electrons. The molecule has 4 aromatic rings. The zero-order valence-corrected chi connectivity index (χ0v) is 21.1. The Morgan fingerprint density at radius 2 is 1.67 bits per heavy atom. The van der Waals surface area contributed by atoms with Gasteiger partial charge in [0.15, 0.2) is 0 Å². The standard InChI is InChI=1S/C27H19Cl2N3O3S/c28-19-11-9-17(10-12-19)14-31-15-18(20-5-1-4-8-23(20)31)13-24-26(34)32(27(35)36-24)16-25(33)30-22-7-3-2-6-21(22)29/h1-13,15H,14,16H2,(H,30,33)/b24-13+. The number of nitrogens with zero attached hydrogens (tertiary/aromatic N) is 2. The number of carbonyl (C=O) groups excluding carboxylic acids is 3. The van der Waals surface area contributed by atoms with Crippen LogP contribution in [0.25, 0.3) is 17.0 Å². The second-order valence-electron chi connectivity index (χ2n) is 8.15. The summed E-state index contributed by atoms with van der Waals surface area (Å²) in [7, 11) is 0. The highest BCUT2D eigenvalue weighted by Gasteiger charge is 2.36. The first-order chi connectivity index (χ1) is 17.4. The van der Waals surface area contributed by atoms with Gasteiger partial charge in [-0.3, -0.25) is 19.3 Å². The van der Waals surface area contributed by atoms with E-state index < -0.39 is 23.6 Å². The number of anilines is 1. The highest BCUT2D eigenvalue weighted by atomic mass is 35.5. The maximum atomic E-state index is 13.0. The second-order valence-corrected chi connectivity index (χ2v) is 9.99. The van der Waals surface area contributed by atoms with Crippen molar-refractivity contribution >= 4 is 74.7 Å². The van der Waals surface area contributed by atoms with Crippen molar-refractivity contribution in [1.29, 1.82) is 0 Å². The van der Waals surface area contributed by atoms with E-state index in [0.717, 1.165) is 38.7 Å². The Hall–Kier alpha value is -3.52. The molecule has 0 saturated carbocycles. The predicted molar refractivity (Wildman–Crippen MR) is 145 cm³/mol. The van der Waals surface area contributed by atoms with E-state index in [2.05, 4.69) is 9.88 Å². The molecule has 9 heteroatoms. The van der Waals surface area contributed by atoms with Gasteiger partial charge in [0.05, 0.1) is 15.6 Å². The van der Waals surface area contributed by atoms with Crippen LogP contribution in [0.5, 0.6) is 0 Å². The second kappa shape index (κ2) is 10.2.